The fourth-order valence-electron chi connectivity index (χ4n) is 2.21. The molecule has 90 valence electrons. The molecule has 1 atom stereocenters. The highest BCUT2D eigenvalue weighted by atomic mass is 79.9. The first kappa shape index (κ1) is 12.0. The number of fused-ring (bicyclic) bond motifs is 1. The molecule has 0 heterocycles. The standard InChI is InChI=1S/C15H11BrOS/c16-10-6-7-12-13(8-10)15(9-14(12)17)18-11-4-2-1-3-5-11/h1-8,15H,9H2. The van der Waals surface area contributed by atoms with Gasteiger partial charge in [0.1, 0.15) is 0 Å². The lowest BCUT2D eigenvalue weighted by Gasteiger charge is -2.10. The average Bonchev–Trinajstić information content (AvgIpc) is 2.67. The summed E-state index contributed by atoms with van der Waals surface area (Å²) in [5, 5.41) is 0.243. The number of carbonyl (C=O) groups is 1. The van der Waals surface area contributed by atoms with E-state index < -0.39 is 0 Å². The van der Waals surface area contributed by atoms with E-state index in [2.05, 4.69) is 34.1 Å². The third-order valence-electron chi connectivity index (χ3n) is 3.05. The third kappa shape index (κ3) is 2.25. The zero-order valence-electron chi connectivity index (χ0n) is 9.60. The van der Waals surface area contributed by atoms with Crippen LogP contribution in [0, 0.1) is 0 Å². The van der Waals surface area contributed by atoms with Gasteiger partial charge in [0.15, 0.2) is 5.78 Å². The zero-order valence-corrected chi connectivity index (χ0v) is 12.0. The molecule has 0 amide bonds. The van der Waals surface area contributed by atoms with E-state index in [-0.39, 0.29) is 11.0 Å². The zero-order chi connectivity index (χ0) is 12.5. The molecular weight excluding hydrogens is 308 g/mol. The molecule has 0 aromatic heterocycles. The minimum atomic E-state index is 0.243. The van der Waals surface area contributed by atoms with E-state index in [0.717, 1.165) is 15.6 Å². The summed E-state index contributed by atoms with van der Waals surface area (Å²) in [5.74, 6) is 0.255. The van der Waals surface area contributed by atoms with Gasteiger partial charge in [0.25, 0.3) is 0 Å². The molecule has 1 unspecified atom stereocenters. The van der Waals surface area contributed by atoms with Gasteiger partial charge in [0, 0.05) is 26.6 Å². The molecule has 2 aromatic rings. The Morgan fingerprint density at radius 2 is 1.89 bits per heavy atom. The number of ketones is 1. The summed E-state index contributed by atoms with van der Waals surface area (Å²) in [6.07, 6.45) is 0.603. The summed E-state index contributed by atoms with van der Waals surface area (Å²) >= 11 is 5.24. The molecule has 0 saturated carbocycles. The first-order valence-corrected chi connectivity index (χ1v) is 7.45. The van der Waals surface area contributed by atoms with Crippen LogP contribution in [0.4, 0.5) is 0 Å². The number of benzene rings is 2. The van der Waals surface area contributed by atoms with E-state index in [9.17, 15) is 4.79 Å². The Balaban J connectivity index is 1.93. The molecule has 2 aromatic carbocycles. The van der Waals surface area contributed by atoms with E-state index in [1.165, 1.54) is 4.90 Å². The second-order valence-electron chi connectivity index (χ2n) is 4.28. The maximum absolute atomic E-state index is 11.9. The SMILES string of the molecule is O=C1CC(Sc2ccccc2)c2cc(Br)ccc21. The summed E-state index contributed by atoms with van der Waals surface area (Å²) in [5.41, 5.74) is 2.04. The van der Waals surface area contributed by atoms with Crippen molar-refractivity contribution in [2.45, 2.75) is 16.6 Å². The number of thioether (sulfide) groups is 1. The summed E-state index contributed by atoms with van der Waals surface area (Å²) in [7, 11) is 0. The molecule has 18 heavy (non-hydrogen) atoms. The lowest BCUT2D eigenvalue weighted by atomic mass is 10.1. The summed E-state index contributed by atoms with van der Waals surface area (Å²) in [4.78, 5) is 13.2. The molecule has 0 saturated heterocycles. The molecule has 0 fully saturated rings. The lowest BCUT2D eigenvalue weighted by molar-refractivity contribution is 0.0994. The Morgan fingerprint density at radius 1 is 1.11 bits per heavy atom. The fraction of sp³-hybridized carbons (Fsp3) is 0.133. The van der Waals surface area contributed by atoms with Crippen molar-refractivity contribution < 1.29 is 4.79 Å². The summed E-state index contributed by atoms with van der Waals surface area (Å²) in [6.45, 7) is 0. The largest absolute Gasteiger partial charge is 0.294 e. The van der Waals surface area contributed by atoms with Crippen molar-refractivity contribution >= 4 is 33.5 Å². The van der Waals surface area contributed by atoms with E-state index in [4.69, 9.17) is 0 Å². The van der Waals surface area contributed by atoms with Gasteiger partial charge in [-0.25, -0.2) is 0 Å². The molecule has 0 aliphatic heterocycles. The van der Waals surface area contributed by atoms with Crippen molar-refractivity contribution in [2.75, 3.05) is 0 Å². The molecule has 0 spiro atoms. The van der Waals surface area contributed by atoms with Crippen LogP contribution in [0.25, 0.3) is 0 Å². The predicted molar refractivity (Wildman–Crippen MR) is 78.1 cm³/mol. The third-order valence-corrected chi connectivity index (χ3v) is 4.80. The van der Waals surface area contributed by atoms with E-state index in [0.29, 0.717) is 6.42 Å². The normalized spacial score (nSPS) is 17.8. The van der Waals surface area contributed by atoms with E-state index in [1.54, 1.807) is 11.8 Å². The van der Waals surface area contributed by atoms with Gasteiger partial charge in [-0.15, -0.1) is 11.8 Å². The Morgan fingerprint density at radius 3 is 2.67 bits per heavy atom. The smallest absolute Gasteiger partial charge is 0.164 e. The monoisotopic (exact) mass is 318 g/mol. The van der Waals surface area contributed by atoms with Crippen molar-refractivity contribution in [3.05, 3.63) is 64.1 Å². The van der Waals surface area contributed by atoms with Gasteiger partial charge >= 0.3 is 0 Å². The highest BCUT2D eigenvalue weighted by Gasteiger charge is 2.29. The molecule has 0 bridgehead atoms. The quantitative estimate of drug-likeness (QED) is 0.785. The van der Waals surface area contributed by atoms with Crippen molar-refractivity contribution in [2.24, 2.45) is 0 Å². The number of rotatable bonds is 2. The van der Waals surface area contributed by atoms with E-state index >= 15 is 0 Å². The van der Waals surface area contributed by atoms with Gasteiger partial charge in [-0.3, -0.25) is 4.79 Å². The second kappa shape index (κ2) is 4.90. The number of Topliss-reactive ketones (excluding diaryl/α,β-unsaturated/α-hetero) is 1. The maximum atomic E-state index is 11.9. The van der Waals surface area contributed by atoms with E-state index in [1.807, 2.05) is 30.3 Å². The van der Waals surface area contributed by atoms with Crippen molar-refractivity contribution in [3.8, 4) is 0 Å². The Hall–Kier alpha value is -1.06. The minimum absolute atomic E-state index is 0.243. The van der Waals surface area contributed by atoms with Crippen LogP contribution in [0.1, 0.15) is 27.6 Å². The Labute approximate surface area is 119 Å². The Bertz CT molecular complexity index is 595. The van der Waals surface area contributed by atoms with Crippen molar-refractivity contribution in [3.63, 3.8) is 0 Å². The highest BCUT2D eigenvalue weighted by molar-refractivity contribution is 9.10. The van der Waals surface area contributed by atoms with Crippen LogP contribution in [-0.2, 0) is 0 Å². The molecule has 1 aliphatic carbocycles. The van der Waals surface area contributed by atoms with Gasteiger partial charge in [0.05, 0.1) is 0 Å². The van der Waals surface area contributed by atoms with Crippen LogP contribution in [0.2, 0.25) is 0 Å². The molecular formula is C15H11BrOS. The molecule has 3 heteroatoms. The molecule has 0 radical (unpaired) electrons. The Kier molecular flexibility index (Phi) is 3.27. The summed E-state index contributed by atoms with van der Waals surface area (Å²) in [6, 6.07) is 16.2. The molecule has 1 nitrogen and oxygen atoms in total. The van der Waals surface area contributed by atoms with Crippen LogP contribution in [-0.4, -0.2) is 5.78 Å². The van der Waals surface area contributed by atoms with Crippen LogP contribution >= 0.6 is 27.7 Å². The first-order valence-electron chi connectivity index (χ1n) is 5.78. The minimum Gasteiger partial charge on any atom is -0.294 e. The van der Waals surface area contributed by atoms with Crippen LogP contribution in [0.15, 0.2) is 57.9 Å². The molecule has 0 N–H and O–H groups in total. The fourth-order valence-corrected chi connectivity index (χ4v) is 3.79. The van der Waals surface area contributed by atoms with Gasteiger partial charge < -0.3 is 0 Å². The number of hydrogen-bond acceptors (Lipinski definition) is 2. The average molecular weight is 319 g/mol. The first-order chi connectivity index (χ1) is 8.74. The maximum Gasteiger partial charge on any atom is 0.164 e. The second-order valence-corrected chi connectivity index (χ2v) is 6.47. The molecule has 3 rings (SSSR count). The van der Waals surface area contributed by atoms with Crippen molar-refractivity contribution in [1.82, 2.24) is 0 Å². The predicted octanol–water partition coefficient (Wildman–Crippen LogP) is 4.87. The number of hydrogen-bond donors (Lipinski definition) is 0. The van der Waals surface area contributed by atoms with Crippen molar-refractivity contribution in [1.29, 1.82) is 0 Å². The van der Waals surface area contributed by atoms with Gasteiger partial charge in [0.2, 0.25) is 0 Å². The highest BCUT2D eigenvalue weighted by Crippen LogP contribution is 2.45. The van der Waals surface area contributed by atoms with Gasteiger partial charge in [-0.05, 0) is 35.9 Å². The van der Waals surface area contributed by atoms with Gasteiger partial charge in [-0.2, -0.15) is 0 Å². The van der Waals surface area contributed by atoms with Gasteiger partial charge in [-0.1, -0.05) is 34.1 Å². The lowest BCUT2D eigenvalue weighted by Crippen LogP contribution is -1.89. The number of halogens is 1. The van der Waals surface area contributed by atoms with Crippen LogP contribution in [0.5, 0.6) is 0 Å². The summed E-state index contributed by atoms with van der Waals surface area (Å²) < 4.78 is 1.04. The topological polar surface area (TPSA) is 17.1 Å². The number of carbonyl (C=O) groups excluding carboxylic acids is 1. The molecule has 1 aliphatic rings. The van der Waals surface area contributed by atoms with Crippen LogP contribution < -0.4 is 0 Å². The van der Waals surface area contributed by atoms with Crippen LogP contribution in [0.3, 0.4) is 0 Å².